The van der Waals surface area contributed by atoms with Crippen LogP contribution in [0.1, 0.15) is 16.7 Å². The van der Waals surface area contributed by atoms with Crippen molar-refractivity contribution in [3.8, 4) is 6.07 Å². The normalized spacial score (nSPS) is 13.1. The molecule has 0 spiro atoms. The monoisotopic (exact) mass is 267 g/mol. The van der Waals surface area contributed by atoms with Crippen LogP contribution in [-0.2, 0) is 13.0 Å². The highest BCUT2D eigenvalue weighted by atomic mass is 19.1. The molecule has 1 heterocycles. The molecule has 0 aromatic heterocycles. The Hall–Kier alpha value is -2.54. The molecule has 0 unspecified atom stereocenters. The highest BCUT2D eigenvalue weighted by Crippen LogP contribution is 2.34. The molecule has 3 nitrogen and oxygen atoms in total. The molecule has 1 aliphatic heterocycles. The highest BCUT2D eigenvalue weighted by Gasteiger charge is 2.22. The Kier molecular flexibility index (Phi) is 3.03. The van der Waals surface area contributed by atoms with Gasteiger partial charge in [-0.05, 0) is 35.7 Å². The smallest absolute Gasteiger partial charge is 0.124 e. The largest absolute Gasteiger partial charge is 0.397 e. The second-order valence-corrected chi connectivity index (χ2v) is 4.94. The van der Waals surface area contributed by atoms with Crippen molar-refractivity contribution in [2.75, 3.05) is 17.2 Å². The van der Waals surface area contributed by atoms with Gasteiger partial charge in [0.05, 0.1) is 23.0 Å². The predicted octanol–water partition coefficient (Wildman–Crippen LogP) is 2.84. The fourth-order valence-corrected chi connectivity index (χ4v) is 2.72. The first-order valence-electron chi connectivity index (χ1n) is 6.50. The van der Waals surface area contributed by atoms with Crippen molar-refractivity contribution in [3.05, 3.63) is 58.9 Å². The Morgan fingerprint density at radius 3 is 2.95 bits per heavy atom. The lowest BCUT2D eigenvalue weighted by Crippen LogP contribution is -2.21. The molecule has 0 saturated carbocycles. The van der Waals surface area contributed by atoms with Crippen molar-refractivity contribution >= 4 is 11.4 Å². The van der Waals surface area contributed by atoms with Crippen LogP contribution < -0.4 is 10.6 Å². The Labute approximate surface area is 117 Å². The minimum absolute atomic E-state index is 0.382. The number of nitriles is 1. The van der Waals surface area contributed by atoms with Crippen LogP contribution in [0.5, 0.6) is 0 Å². The summed E-state index contributed by atoms with van der Waals surface area (Å²) >= 11 is 0. The van der Waals surface area contributed by atoms with E-state index in [0.717, 1.165) is 29.9 Å². The number of nitrogens with two attached hydrogens (primary N) is 1. The zero-order valence-electron chi connectivity index (χ0n) is 10.9. The molecule has 100 valence electrons. The van der Waals surface area contributed by atoms with Gasteiger partial charge >= 0.3 is 0 Å². The van der Waals surface area contributed by atoms with Crippen LogP contribution in [0.15, 0.2) is 36.4 Å². The molecule has 0 aliphatic carbocycles. The van der Waals surface area contributed by atoms with Gasteiger partial charge in [0.15, 0.2) is 0 Å². The summed E-state index contributed by atoms with van der Waals surface area (Å²) in [6, 6.07) is 12.3. The maximum absolute atomic E-state index is 13.2. The zero-order valence-corrected chi connectivity index (χ0v) is 10.9. The van der Waals surface area contributed by atoms with Crippen molar-refractivity contribution in [3.63, 3.8) is 0 Å². The summed E-state index contributed by atoms with van der Waals surface area (Å²) in [5.74, 6) is -0.383. The number of para-hydroxylation sites is 1. The number of rotatable bonds is 2. The molecule has 0 saturated heterocycles. The molecule has 0 amide bonds. The van der Waals surface area contributed by atoms with Gasteiger partial charge in [0.2, 0.25) is 0 Å². The van der Waals surface area contributed by atoms with Crippen LogP contribution in [0.4, 0.5) is 15.8 Å². The van der Waals surface area contributed by atoms with Crippen molar-refractivity contribution in [1.82, 2.24) is 0 Å². The molecule has 0 atom stereocenters. The molecule has 20 heavy (non-hydrogen) atoms. The van der Waals surface area contributed by atoms with Crippen LogP contribution in [-0.4, -0.2) is 6.54 Å². The first kappa shape index (κ1) is 12.5. The molecule has 2 aromatic rings. The fraction of sp³-hybridized carbons (Fsp3) is 0.188. The molecule has 0 fully saturated rings. The lowest BCUT2D eigenvalue weighted by Gasteiger charge is -2.21. The van der Waals surface area contributed by atoms with Gasteiger partial charge in [-0.2, -0.15) is 5.26 Å². The summed E-state index contributed by atoms with van der Waals surface area (Å²) in [5.41, 5.74) is 10.3. The Morgan fingerprint density at radius 1 is 1.30 bits per heavy atom. The molecule has 2 aromatic carbocycles. The number of halogens is 1. The number of benzene rings is 2. The number of nitrogens with zero attached hydrogens (tertiary/aromatic N) is 2. The third kappa shape index (κ3) is 2.08. The molecular weight excluding hydrogens is 253 g/mol. The fourth-order valence-electron chi connectivity index (χ4n) is 2.72. The maximum Gasteiger partial charge on any atom is 0.124 e. The Balaban J connectivity index is 1.94. The number of hydrogen-bond donors (Lipinski definition) is 1. The van der Waals surface area contributed by atoms with Gasteiger partial charge in [0.1, 0.15) is 5.82 Å². The second-order valence-electron chi connectivity index (χ2n) is 4.94. The minimum atomic E-state index is -0.383. The van der Waals surface area contributed by atoms with E-state index in [0.29, 0.717) is 12.1 Å². The number of hydrogen-bond acceptors (Lipinski definition) is 3. The van der Waals surface area contributed by atoms with E-state index in [4.69, 9.17) is 11.0 Å². The average molecular weight is 267 g/mol. The van der Waals surface area contributed by atoms with Crippen molar-refractivity contribution < 1.29 is 4.39 Å². The molecule has 3 rings (SSSR count). The van der Waals surface area contributed by atoms with Gasteiger partial charge in [-0.3, -0.25) is 0 Å². The van der Waals surface area contributed by atoms with E-state index >= 15 is 0 Å². The number of anilines is 2. The summed E-state index contributed by atoms with van der Waals surface area (Å²) in [5, 5.41) is 9.11. The van der Waals surface area contributed by atoms with E-state index in [1.807, 2.05) is 12.1 Å². The predicted molar refractivity (Wildman–Crippen MR) is 76.7 cm³/mol. The molecule has 2 N–H and O–H groups in total. The van der Waals surface area contributed by atoms with E-state index in [1.165, 1.54) is 17.7 Å². The maximum atomic E-state index is 13.2. The van der Waals surface area contributed by atoms with Gasteiger partial charge in [0.25, 0.3) is 0 Å². The number of fused-ring (bicyclic) bond motifs is 1. The van der Waals surface area contributed by atoms with Crippen LogP contribution in [0.2, 0.25) is 0 Å². The molecule has 0 radical (unpaired) electrons. The Morgan fingerprint density at radius 2 is 2.15 bits per heavy atom. The SMILES string of the molecule is N#Cc1cc(F)ccc1CN1CCc2cccc(N)c21. The standard InChI is InChI=1S/C16H14FN3/c17-14-5-4-12(13(8-14)9-18)10-20-7-6-11-2-1-3-15(19)16(11)20/h1-5,8H,6-7,10,19H2. The molecule has 4 heteroatoms. The van der Waals surface area contributed by atoms with E-state index in [1.54, 1.807) is 6.07 Å². The highest BCUT2D eigenvalue weighted by molar-refractivity contribution is 5.74. The van der Waals surface area contributed by atoms with Gasteiger partial charge in [0, 0.05) is 13.1 Å². The van der Waals surface area contributed by atoms with E-state index in [-0.39, 0.29) is 5.82 Å². The van der Waals surface area contributed by atoms with E-state index < -0.39 is 0 Å². The summed E-state index contributed by atoms with van der Waals surface area (Å²) in [7, 11) is 0. The van der Waals surface area contributed by atoms with Crippen LogP contribution in [0.3, 0.4) is 0 Å². The van der Waals surface area contributed by atoms with Crippen molar-refractivity contribution in [2.24, 2.45) is 0 Å². The number of nitrogen functional groups attached to an aromatic ring is 1. The lowest BCUT2D eigenvalue weighted by molar-refractivity contribution is 0.626. The molecular formula is C16H14FN3. The third-order valence-corrected chi connectivity index (χ3v) is 3.67. The summed E-state index contributed by atoms with van der Waals surface area (Å²) in [6.07, 6.45) is 0.948. The van der Waals surface area contributed by atoms with Gasteiger partial charge in [-0.25, -0.2) is 4.39 Å². The van der Waals surface area contributed by atoms with Gasteiger partial charge in [-0.1, -0.05) is 18.2 Å². The molecule has 1 aliphatic rings. The zero-order chi connectivity index (χ0) is 14.1. The first-order chi connectivity index (χ1) is 9.69. The second kappa shape index (κ2) is 4.86. The summed E-state index contributed by atoms with van der Waals surface area (Å²) in [6.45, 7) is 1.44. The average Bonchev–Trinajstić information content (AvgIpc) is 2.85. The summed E-state index contributed by atoms with van der Waals surface area (Å²) < 4.78 is 13.2. The van der Waals surface area contributed by atoms with E-state index in [2.05, 4.69) is 17.0 Å². The van der Waals surface area contributed by atoms with Crippen LogP contribution in [0.25, 0.3) is 0 Å². The van der Waals surface area contributed by atoms with Crippen molar-refractivity contribution in [2.45, 2.75) is 13.0 Å². The van der Waals surface area contributed by atoms with E-state index in [9.17, 15) is 4.39 Å². The topological polar surface area (TPSA) is 53.0 Å². The first-order valence-corrected chi connectivity index (χ1v) is 6.50. The minimum Gasteiger partial charge on any atom is -0.397 e. The third-order valence-electron chi connectivity index (χ3n) is 3.67. The van der Waals surface area contributed by atoms with Crippen LogP contribution in [0, 0.1) is 17.1 Å². The van der Waals surface area contributed by atoms with Gasteiger partial charge in [-0.15, -0.1) is 0 Å². The quantitative estimate of drug-likeness (QED) is 0.851. The molecule has 0 bridgehead atoms. The van der Waals surface area contributed by atoms with Crippen LogP contribution >= 0.6 is 0 Å². The lowest BCUT2D eigenvalue weighted by atomic mass is 10.1. The van der Waals surface area contributed by atoms with Gasteiger partial charge < -0.3 is 10.6 Å². The Bertz CT molecular complexity index is 703. The van der Waals surface area contributed by atoms with Crippen molar-refractivity contribution in [1.29, 1.82) is 5.26 Å². The summed E-state index contributed by atoms with van der Waals surface area (Å²) in [4.78, 5) is 2.15.